The first-order valence-corrected chi connectivity index (χ1v) is 8.33. The van der Waals surface area contributed by atoms with Gasteiger partial charge in [-0.2, -0.15) is 0 Å². The van der Waals surface area contributed by atoms with Crippen LogP contribution in [0.1, 0.15) is 35.9 Å². The Kier molecular flexibility index (Phi) is 4.51. The van der Waals surface area contributed by atoms with Crippen molar-refractivity contribution in [2.75, 3.05) is 19.6 Å². The Balaban J connectivity index is 1.88. The molecule has 1 aromatic heterocycles. The van der Waals surface area contributed by atoms with Crippen LogP contribution in [0, 0.1) is 0 Å². The van der Waals surface area contributed by atoms with Gasteiger partial charge in [0.2, 0.25) is 0 Å². The number of hydrogen-bond acceptors (Lipinski definition) is 3. The van der Waals surface area contributed by atoms with Crippen LogP contribution in [-0.4, -0.2) is 24.5 Å². The molecule has 0 bridgehead atoms. The second kappa shape index (κ2) is 6.53. The molecule has 2 unspecified atom stereocenters. The van der Waals surface area contributed by atoms with Crippen LogP contribution < -0.4 is 5.32 Å². The average Bonchev–Trinajstić information content (AvgIpc) is 3.04. The molecule has 1 aliphatic heterocycles. The fourth-order valence-corrected chi connectivity index (χ4v) is 4.09. The van der Waals surface area contributed by atoms with Gasteiger partial charge in [-0.05, 0) is 23.4 Å². The molecule has 2 aromatic rings. The highest BCUT2D eigenvalue weighted by Crippen LogP contribution is 2.35. The van der Waals surface area contributed by atoms with Crippen LogP contribution in [-0.2, 0) is 0 Å². The maximum absolute atomic E-state index is 3.55. The third-order valence-electron chi connectivity index (χ3n) is 4.13. The van der Waals surface area contributed by atoms with Crippen LogP contribution in [0.5, 0.6) is 0 Å². The summed E-state index contributed by atoms with van der Waals surface area (Å²) >= 11 is 1.88. The van der Waals surface area contributed by atoms with Gasteiger partial charge < -0.3 is 5.32 Å². The zero-order valence-corrected chi connectivity index (χ0v) is 12.8. The van der Waals surface area contributed by atoms with E-state index in [9.17, 15) is 0 Å². The van der Waals surface area contributed by atoms with Gasteiger partial charge in [0.25, 0.3) is 0 Å². The number of piperazine rings is 1. The van der Waals surface area contributed by atoms with Gasteiger partial charge in [-0.1, -0.05) is 43.3 Å². The lowest BCUT2D eigenvalue weighted by Crippen LogP contribution is -2.47. The Morgan fingerprint density at radius 3 is 2.80 bits per heavy atom. The second-order valence-corrected chi connectivity index (χ2v) is 6.29. The zero-order chi connectivity index (χ0) is 13.8. The topological polar surface area (TPSA) is 15.3 Å². The number of nitrogens with one attached hydrogen (secondary N) is 1. The molecular formula is C17H22N2S. The molecule has 0 amide bonds. The quantitative estimate of drug-likeness (QED) is 0.918. The monoisotopic (exact) mass is 286 g/mol. The summed E-state index contributed by atoms with van der Waals surface area (Å²) in [4.78, 5) is 4.17. The van der Waals surface area contributed by atoms with Gasteiger partial charge in [-0.15, -0.1) is 11.3 Å². The third-order valence-corrected chi connectivity index (χ3v) is 5.10. The van der Waals surface area contributed by atoms with Gasteiger partial charge in [0, 0.05) is 36.6 Å². The molecule has 2 heterocycles. The molecule has 1 aliphatic rings. The first-order valence-electron chi connectivity index (χ1n) is 7.45. The van der Waals surface area contributed by atoms with Gasteiger partial charge in [0.15, 0.2) is 0 Å². The number of benzene rings is 1. The molecule has 1 saturated heterocycles. The summed E-state index contributed by atoms with van der Waals surface area (Å²) < 4.78 is 0. The highest BCUT2D eigenvalue weighted by Gasteiger charge is 2.30. The van der Waals surface area contributed by atoms with E-state index < -0.39 is 0 Å². The molecule has 20 heavy (non-hydrogen) atoms. The average molecular weight is 286 g/mol. The first kappa shape index (κ1) is 13.8. The van der Waals surface area contributed by atoms with E-state index in [2.05, 4.69) is 65.0 Å². The van der Waals surface area contributed by atoms with Crippen LogP contribution >= 0.6 is 11.3 Å². The molecule has 106 valence electrons. The Bertz CT molecular complexity index is 509. The summed E-state index contributed by atoms with van der Waals surface area (Å²) in [5, 5.41) is 5.74. The molecule has 1 N–H and O–H groups in total. The van der Waals surface area contributed by atoms with Crippen molar-refractivity contribution >= 4 is 11.3 Å². The number of rotatable bonds is 4. The fraction of sp³-hybridized carbons (Fsp3) is 0.412. The molecule has 1 fully saturated rings. The second-order valence-electron chi connectivity index (χ2n) is 5.31. The van der Waals surface area contributed by atoms with E-state index in [4.69, 9.17) is 0 Å². The number of thiophene rings is 1. The van der Waals surface area contributed by atoms with Crippen LogP contribution in [0.3, 0.4) is 0 Å². The van der Waals surface area contributed by atoms with Crippen molar-refractivity contribution in [3.63, 3.8) is 0 Å². The lowest BCUT2D eigenvalue weighted by Gasteiger charge is -2.41. The molecule has 0 spiro atoms. The Morgan fingerprint density at radius 1 is 1.25 bits per heavy atom. The highest BCUT2D eigenvalue weighted by molar-refractivity contribution is 7.10. The lowest BCUT2D eigenvalue weighted by molar-refractivity contribution is 0.104. The van der Waals surface area contributed by atoms with Crippen molar-refractivity contribution in [3.05, 3.63) is 58.3 Å². The van der Waals surface area contributed by atoms with Gasteiger partial charge in [0.05, 0.1) is 0 Å². The summed E-state index contributed by atoms with van der Waals surface area (Å²) in [6, 6.07) is 16.4. The van der Waals surface area contributed by atoms with Crippen LogP contribution in [0.25, 0.3) is 0 Å². The van der Waals surface area contributed by atoms with Crippen molar-refractivity contribution in [1.29, 1.82) is 0 Å². The van der Waals surface area contributed by atoms with Crippen LogP contribution in [0.4, 0.5) is 0 Å². The Morgan fingerprint density at radius 2 is 2.10 bits per heavy atom. The minimum atomic E-state index is 0.483. The normalized spacial score (nSPS) is 21.8. The number of hydrogen-bond donors (Lipinski definition) is 1. The first-order chi connectivity index (χ1) is 9.90. The lowest BCUT2D eigenvalue weighted by atomic mass is 9.99. The molecule has 3 heteroatoms. The standard InChI is InChI=1S/C17H22N2S/c1-2-15(17-9-6-12-20-17)19-11-10-18-13-16(19)14-7-4-3-5-8-14/h3-9,12,15-16,18H,2,10-11,13H2,1H3. The van der Waals surface area contributed by atoms with Crippen LogP contribution in [0.15, 0.2) is 47.8 Å². The molecule has 2 atom stereocenters. The molecule has 0 saturated carbocycles. The fourth-order valence-electron chi connectivity index (χ4n) is 3.16. The van der Waals surface area contributed by atoms with E-state index in [0.717, 1.165) is 19.6 Å². The minimum Gasteiger partial charge on any atom is -0.314 e. The van der Waals surface area contributed by atoms with Crippen molar-refractivity contribution in [1.82, 2.24) is 10.2 Å². The highest BCUT2D eigenvalue weighted by atomic mass is 32.1. The maximum atomic E-state index is 3.55. The molecule has 0 radical (unpaired) electrons. The van der Waals surface area contributed by atoms with Crippen molar-refractivity contribution in [2.24, 2.45) is 0 Å². The maximum Gasteiger partial charge on any atom is 0.0479 e. The van der Waals surface area contributed by atoms with E-state index >= 15 is 0 Å². The third kappa shape index (κ3) is 2.80. The van der Waals surface area contributed by atoms with E-state index in [-0.39, 0.29) is 0 Å². The smallest absolute Gasteiger partial charge is 0.0479 e. The van der Waals surface area contributed by atoms with Crippen molar-refractivity contribution in [2.45, 2.75) is 25.4 Å². The zero-order valence-electron chi connectivity index (χ0n) is 12.0. The van der Waals surface area contributed by atoms with Crippen molar-refractivity contribution < 1.29 is 0 Å². The molecular weight excluding hydrogens is 264 g/mol. The SMILES string of the molecule is CCC(c1cccs1)N1CCNCC1c1ccccc1. The molecule has 1 aromatic carbocycles. The summed E-state index contributed by atoms with van der Waals surface area (Å²) in [7, 11) is 0. The molecule has 3 rings (SSSR count). The van der Waals surface area contributed by atoms with E-state index in [0.29, 0.717) is 12.1 Å². The number of nitrogens with zero attached hydrogens (tertiary/aromatic N) is 1. The summed E-state index contributed by atoms with van der Waals surface area (Å²) in [5.41, 5.74) is 1.43. The van der Waals surface area contributed by atoms with Crippen molar-refractivity contribution in [3.8, 4) is 0 Å². The minimum absolute atomic E-state index is 0.483. The summed E-state index contributed by atoms with van der Waals surface area (Å²) in [6.07, 6.45) is 1.17. The van der Waals surface area contributed by atoms with Crippen LogP contribution in [0.2, 0.25) is 0 Å². The predicted molar refractivity (Wildman–Crippen MR) is 86.1 cm³/mol. The summed E-state index contributed by atoms with van der Waals surface area (Å²) in [5.74, 6) is 0. The van der Waals surface area contributed by atoms with Gasteiger partial charge in [-0.3, -0.25) is 4.90 Å². The Labute approximate surface area is 125 Å². The van der Waals surface area contributed by atoms with E-state index in [1.807, 2.05) is 11.3 Å². The van der Waals surface area contributed by atoms with Gasteiger partial charge in [-0.25, -0.2) is 0 Å². The molecule has 2 nitrogen and oxygen atoms in total. The largest absolute Gasteiger partial charge is 0.314 e. The molecule has 0 aliphatic carbocycles. The Hall–Kier alpha value is -1.16. The van der Waals surface area contributed by atoms with Gasteiger partial charge in [0.1, 0.15) is 0 Å². The summed E-state index contributed by atoms with van der Waals surface area (Å²) in [6.45, 7) is 5.56. The van der Waals surface area contributed by atoms with E-state index in [1.54, 1.807) is 0 Å². The predicted octanol–water partition coefficient (Wildman–Crippen LogP) is 3.85. The van der Waals surface area contributed by atoms with E-state index in [1.165, 1.54) is 16.9 Å². The van der Waals surface area contributed by atoms with Gasteiger partial charge >= 0.3 is 0 Å².